The number of primary amides is 1. The molecule has 0 fully saturated rings. The van der Waals surface area contributed by atoms with E-state index < -0.39 is 12.0 Å². The van der Waals surface area contributed by atoms with Gasteiger partial charge in [0, 0.05) is 5.56 Å². The van der Waals surface area contributed by atoms with Gasteiger partial charge in [0.05, 0.1) is 22.0 Å². The van der Waals surface area contributed by atoms with E-state index in [9.17, 15) is 4.79 Å². The van der Waals surface area contributed by atoms with Gasteiger partial charge in [-0.15, -0.1) is 0 Å². The van der Waals surface area contributed by atoms with Crippen LogP contribution in [0.2, 0.25) is 0 Å². The van der Waals surface area contributed by atoms with Crippen molar-refractivity contribution in [3.8, 4) is 17.2 Å². The quantitative estimate of drug-likeness (QED) is 0.787. The first-order valence-corrected chi connectivity index (χ1v) is 7.93. The van der Waals surface area contributed by atoms with Crippen LogP contribution in [0.4, 0.5) is 0 Å². The SMILES string of the molecule is COc1c(Br)c(C2ON=C(C(N)=O)C2C)c(Br)c2c1OCO2. The second-order valence-corrected chi connectivity index (χ2v) is 6.38. The number of nitrogens with two attached hydrogens (primary N) is 1. The molecule has 2 aliphatic rings. The van der Waals surface area contributed by atoms with Crippen molar-refractivity contribution >= 4 is 43.5 Å². The number of fused-ring (bicyclic) bond motifs is 1. The minimum atomic E-state index is -0.602. The molecule has 0 saturated heterocycles. The van der Waals surface area contributed by atoms with Gasteiger partial charge in [-0.05, 0) is 31.9 Å². The van der Waals surface area contributed by atoms with Crippen LogP contribution < -0.4 is 19.9 Å². The molecule has 2 unspecified atom stereocenters. The Morgan fingerprint density at radius 2 is 2.00 bits per heavy atom. The van der Waals surface area contributed by atoms with Crippen molar-refractivity contribution in [2.45, 2.75) is 13.0 Å². The van der Waals surface area contributed by atoms with E-state index in [1.807, 2.05) is 6.92 Å². The van der Waals surface area contributed by atoms with Gasteiger partial charge in [-0.1, -0.05) is 12.1 Å². The zero-order valence-corrected chi connectivity index (χ0v) is 14.9. The lowest BCUT2D eigenvalue weighted by Gasteiger charge is -2.20. The second-order valence-electron chi connectivity index (χ2n) is 4.80. The van der Waals surface area contributed by atoms with Crippen molar-refractivity contribution in [2.24, 2.45) is 16.8 Å². The predicted molar refractivity (Wildman–Crippen MR) is 84.1 cm³/mol. The molecule has 118 valence electrons. The molecule has 0 radical (unpaired) electrons. The van der Waals surface area contributed by atoms with Gasteiger partial charge in [0.25, 0.3) is 5.91 Å². The van der Waals surface area contributed by atoms with Crippen molar-refractivity contribution in [3.05, 3.63) is 14.5 Å². The lowest BCUT2D eigenvalue weighted by molar-refractivity contribution is -0.112. The maximum atomic E-state index is 11.4. The van der Waals surface area contributed by atoms with Gasteiger partial charge >= 0.3 is 0 Å². The maximum Gasteiger partial charge on any atom is 0.266 e. The molecule has 0 bridgehead atoms. The molecule has 1 aromatic carbocycles. The van der Waals surface area contributed by atoms with E-state index in [0.29, 0.717) is 31.8 Å². The second kappa shape index (κ2) is 5.62. The number of halogens is 2. The predicted octanol–water partition coefficient (Wildman–Crippen LogP) is 2.50. The molecule has 2 atom stereocenters. The smallest absolute Gasteiger partial charge is 0.266 e. The van der Waals surface area contributed by atoms with E-state index in [-0.39, 0.29) is 18.4 Å². The Balaban J connectivity index is 2.11. The fourth-order valence-electron chi connectivity index (χ4n) is 2.49. The summed E-state index contributed by atoms with van der Waals surface area (Å²) >= 11 is 7.01. The molecular weight excluding hydrogens is 424 g/mol. The van der Waals surface area contributed by atoms with Gasteiger partial charge in [-0.2, -0.15) is 0 Å². The van der Waals surface area contributed by atoms with E-state index in [1.165, 1.54) is 7.11 Å². The molecular formula is C13H12Br2N2O5. The Morgan fingerprint density at radius 3 is 2.59 bits per heavy atom. The third kappa shape index (κ3) is 2.14. The number of oxime groups is 1. The first-order chi connectivity index (χ1) is 10.5. The number of carbonyl (C=O) groups is 1. The minimum absolute atomic E-state index is 0.101. The highest BCUT2D eigenvalue weighted by molar-refractivity contribution is 9.11. The number of methoxy groups -OCH3 is 1. The maximum absolute atomic E-state index is 11.4. The zero-order valence-electron chi connectivity index (χ0n) is 11.7. The van der Waals surface area contributed by atoms with Crippen molar-refractivity contribution in [1.29, 1.82) is 0 Å². The summed E-state index contributed by atoms with van der Waals surface area (Å²) in [5, 5.41) is 3.79. The highest BCUT2D eigenvalue weighted by atomic mass is 79.9. The van der Waals surface area contributed by atoms with E-state index in [0.717, 1.165) is 0 Å². The molecule has 0 aliphatic carbocycles. The van der Waals surface area contributed by atoms with E-state index in [2.05, 4.69) is 37.0 Å². The van der Waals surface area contributed by atoms with Crippen LogP contribution in [0.25, 0.3) is 0 Å². The molecule has 2 N–H and O–H groups in total. The van der Waals surface area contributed by atoms with Crippen LogP contribution in [0, 0.1) is 5.92 Å². The van der Waals surface area contributed by atoms with Gasteiger partial charge in [0.2, 0.25) is 12.5 Å². The molecule has 22 heavy (non-hydrogen) atoms. The lowest BCUT2D eigenvalue weighted by Crippen LogP contribution is -2.28. The van der Waals surface area contributed by atoms with Crippen LogP contribution in [0.3, 0.4) is 0 Å². The summed E-state index contributed by atoms with van der Waals surface area (Å²) in [5.41, 5.74) is 6.22. The number of hydrogen-bond donors (Lipinski definition) is 1. The largest absolute Gasteiger partial charge is 0.492 e. The van der Waals surface area contributed by atoms with Crippen molar-refractivity contribution < 1.29 is 23.8 Å². The summed E-state index contributed by atoms with van der Waals surface area (Å²) in [6.45, 7) is 1.92. The summed E-state index contributed by atoms with van der Waals surface area (Å²) in [6, 6.07) is 0. The van der Waals surface area contributed by atoms with E-state index in [1.54, 1.807) is 0 Å². The van der Waals surface area contributed by atoms with E-state index in [4.69, 9.17) is 24.8 Å². The average Bonchev–Trinajstić information content (AvgIpc) is 3.07. The van der Waals surface area contributed by atoms with Crippen molar-refractivity contribution in [3.63, 3.8) is 0 Å². The lowest BCUT2D eigenvalue weighted by atomic mass is 9.93. The Hall–Kier alpha value is -1.48. The molecule has 2 aliphatic heterocycles. The molecule has 2 heterocycles. The molecule has 1 amide bonds. The first kappa shape index (κ1) is 15.4. The number of amides is 1. The molecule has 7 nitrogen and oxygen atoms in total. The third-order valence-electron chi connectivity index (χ3n) is 3.58. The average molecular weight is 436 g/mol. The van der Waals surface area contributed by atoms with Crippen LogP contribution in [0.5, 0.6) is 17.2 Å². The van der Waals surface area contributed by atoms with Gasteiger partial charge in [0.15, 0.2) is 23.3 Å². The summed E-state index contributed by atoms with van der Waals surface area (Å²) < 4.78 is 17.6. The highest BCUT2D eigenvalue weighted by Crippen LogP contribution is 2.55. The third-order valence-corrected chi connectivity index (χ3v) is 5.16. The highest BCUT2D eigenvalue weighted by Gasteiger charge is 2.40. The van der Waals surface area contributed by atoms with Crippen molar-refractivity contribution in [1.82, 2.24) is 0 Å². The normalized spacial score (nSPS) is 22.3. The molecule has 1 aromatic rings. The topological polar surface area (TPSA) is 92.4 Å². The fraction of sp³-hybridized carbons (Fsp3) is 0.385. The number of nitrogens with zero attached hydrogens (tertiary/aromatic N) is 1. The Morgan fingerprint density at radius 1 is 1.32 bits per heavy atom. The number of carbonyl (C=O) groups excluding carboxylic acids is 1. The van der Waals surface area contributed by atoms with Gasteiger partial charge < -0.3 is 24.8 Å². The zero-order chi connectivity index (χ0) is 16.0. The summed E-state index contributed by atoms with van der Waals surface area (Å²) in [4.78, 5) is 16.8. The minimum Gasteiger partial charge on any atom is -0.492 e. The van der Waals surface area contributed by atoms with Crippen LogP contribution in [0.1, 0.15) is 18.6 Å². The standard InChI is InChI=1S/C13H12Br2N2O5/c1-4-8(13(16)18)17-22-9(4)5-6(14)10(19-2)12-11(7(5)15)20-3-21-12/h4,9H,3H2,1-2H3,(H2,16,18). The summed E-state index contributed by atoms with van der Waals surface area (Å²) in [6.07, 6.45) is -0.505. The fourth-order valence-corrected chi connectivity index (χ4v) is 4.24. The first-order valence-electron chi connectivity index (χ1n) is 6.35. The molecule has 3 rings (SSSR count). The molecule has 0 saturated carbocycles. The summed E-state index contributed by atoms with van der Waals surface area (Å²) in [7, 11) is 1.53. The number of rotatable bonds is 3. The van der Waals surface area contributed by atoms with Gasteiger partial charge in [-0.3, -0.25) is 4.79 Å². The van der Waals surface area contributed by atoms with Gasteiger partial charge in [-0.25, -0.2) is 0 Å². The Bertz CT molecular complexity index is 692. The van der Waals surface area contributed by atoms with E-state index >= 15 is 0 Å². The number of ether oxygens (including phenoxy) is 3. The van der Waals surface area contributed by atoms with Crippen LogP contribution in [-0.4, -0.2) is 25.5 Å². The van der Waals surface area contributed by atoms with Gasteiger partial charge in [0.1, 0.15) is 0 Å². The van der Waals surface area contributed by atoms with Crippen molar-refractivity contribution in [2.75, 3.05) is 13.9 Å². The Labute approximate surface area is 143 Å². The summed E-state index contributed by atoms with van der Waals surface area (Å²) in [5.74, 6) is 0.615. The monoisotopic (exact) mass is 434 g/mol. The number of benzene rings is 1. The van der Waals surface area contributed by atoms with Crippen LogP contribution >= 0.6 is 31.9 Å². The van der Waals surface area contributed by atoms with Crippen LogP contribution in [0.15, 0.2) is 14.1 Å². The molecule has 0 aromatic heterocycles. The number of hydrogen-bond acceptors (Lipinski definition) is 6. The molecule has 9 heteroatoms. The Kier molecular flexibility index (Phi) is 3.94. The van der Waals surface area contributed by atoms with Crippen LogP contribution in [-0.2, 0) is 9.63 Å². The molecule has 0 spiro atoms.